The minimum Gasteiger partial charge on any atom is -0.497 e. The molecule has 0 fully saturated rings. The third-order valence-electron chi connectivity index (χ3n) is 4.04. The first kappa shape index (κ1) is 17.9. The lowest BCUT2D eigenvalue weighted by Crippen LogP contribution is -2.23. The fourth-order valence-corrected chi connectivity index (χ4v) is 2.83. The van der Waals surface area contributed by atoms with E-state index in [4.69, 9.17) is 9.47 Å². The summed E-state index contributed by atoms with van der Waals surface area (Å²) in [5.74, 6) is 1.57. The number of ether oxygens (including phenoxy) is 2. The van der Waals surface area contributed by atoms with Crippen LogP contribution in [-0.4, -0.2) is 29.1 Å². The fourth-order valence-electron chi connectivity index (χ4n) is 2.83. The third-order valence-corrected chi connectivity index (χ3v) is 4.04. The van der Waals surface area contributed by atoms with Crippen molar-refractivity contribution in [1.82, 2.24) is 14.9 Å². The number of nitrogens with zero attached hydrogens (tertiary/aromatic N) is 3. The van der Waals surface area contributed by atoms with Crippen LogP contribution in [0.15, 0.2) is 67.0 Å². The minimum absolute atomic E-state index is 0.733. The Morgan fingerprint density at radius 1 is 0.731 bits per heavy atom. The van der Waals surface area contributed by atoms with Gasteiger partial charge in [0.15, 0.2) is 0 Å². The summed E-state index contributed by atoms with van der Waals surface area (Å²) < 4.78 is 10.8. The van der Waals surface area contributed by atoms with Crippen LogP contribution in [0.3, 0.4) is 0 Å². The summed E-state index contributed by atoms with van der Waals surface area (Å²) in [5.41, 5.74) is 3.17. The molecule has 2 heterocycles. The van der Waals surface area contributed by atoms with E-state index in [0.717, 1.165) is 48.1 Å². The fraction of sp³-hybridized carbons (Fsp3) is 0.238. The van der Waals surface area contributed by atoms with Crippen molar-refractivity contribution in [1.29, 1.82) is 0 Å². The van der Waals surface area contributed by atoms with Gasteiger partial charge in [-0.1, -0.05) is 12.1 Å². The van der Waals surface area contributed by atoms with Crippen LogP contribution >= 0.6 is 0 Å². The van der Waals surface area contributed by atoms with E-state index in [1.165, 1.54) is 0 Å². The van der Waals surface area contributed by atoms with Gasteiger partial charge in [-0.3, -0.25) is 14.9 Å². The summed E-state index contributed by atoms with van der Waals surface area (Å²) in [4.78, 5) is 11.2. The number of aromatic nitrogens is 2. The van der Waals surface area contributed by atoms with Gasteiger partial charge in [-0.2, -0.15) is 0 Å². The van der Waals surface area contributed by atoms with E-state index >= 15 is 0 Å². The van der Waals surface area contributed by atoms with Crippen LogP contribution in [0, 0.1) is 0 Å². The van der Waals surface area contributed by atoms with Gasteiger partial charge >= 0.3 is 0 Å². The van der Waals surface area contributed by atoms with Crippen molar-refractivity contribution in [2.75, 3.05) is 14.2 Å². The molecule has 5 heteroatoms. The molecule has 1 aromatic carbocycles. The van der Waals surface area contributed by atoms with Gasteiger partial charge in [0.25, 0.3) is 0 Å². The summed E-state index contributed by atoms with van der Waals surface area (Å²) in [6, 6.07) is 17.9. The van der Waals surface area contributed by atoms with Gasteiger partial charge in [-0.15, -0.1) is 0 Å². The van der Waals surface area contributed by atoms with Crippen molar-refractivity contribution in [2.24, 2.45) is 0 Å². The Morgan fingerprint density at radius 3 is 1.69 bits per heavy atom. The Kier molecular flexibility index (Phi) is 6.17. The molecular formula is C21H23N3O2. The number of methoxy groups -OCH3 is 2. The van der Waals surface area contributed by atoms with Crippen molar-refractivity contribution in [2.45, 2.75) is 19.6 Å². The maximum absolute atomic E-state index is 5.39. The molecular weight excluding hydrogens is 326 g/mol. The first-order chi connectivity index (χ1) is 12.8. The molecule has 134 valence electrons. The summed E-state index contributed by atoms with van der Waals surface area (Å²) >= 11 is 0. The number of hydrogen-bond donors (Lipinski definition) is 0. The lowest BCUT2D eigenvalue weighted by Gasteiger charge is -2.22. The molecule has 0 unspecified atom stereocenters. The zero-order chi connectivity index (χ0) is 18.2. The molecule has 0 radical (unpaired) electrons. The van der Waals surface area contributed by atoms with Crippen LogP contribution in [0.2, 0.25) is 0 Å². The standard InChI is InChI=1S/C21H23N3O2/c1-25-20-11-17(12-21(13-20)26-2)14-24(15-18-7-3-5-9-22-18)16-19-8-4-6-10-23-19/h3-13H,14-16H2,1-2H3. The highest BCUT2D eigenvalue weighted by atomic mass is 16.5. The smallest absolute Gasteiger partial charge is 0.122 e. The van der Waals surface area contributed by atoms with E-state index < -0.39 is 0 Å². The van der Waals surface area contributed by atoms with E-state index in [-0.39, 0.29) is 0 Å². The highest BCUT2D eigenvalue weighted by Crippen LogP contribution is 2.24. The van der Waals surface area contributed by atoms with Crippen LogP contribution in [0.5, 0.6) is 11.5 Å². The van der Waals surface area contributed by atoms with Crippen molar-refractivity contribution in [3.05, 3.63) is 83.9 Å². The summed E-state index contributed by atoms with van der Waals surface area (Å²) in [7, 11) is 3.33. The molecule has 0 aliphatic rings. The van der Waals surface area contributed by atoms with Crippen LogP contribution in [0.25, 0.3) is 0 Å². The van der Waals surface area contributed by atoms with Gasteiger partial charge < -0.3 is 9.47 Å². The van der Waals surface area contributed by atoms with Crippen molar-refractivity contribution >= 4 is 0 Å². The Balaban J connectivity index is 1.83. The molecule has 0 bridgehead atoms. The van der Waals surface area contributed by atoms with Crippen molar-refractivity contribution in [3.8, 4) is 11.5 Å². The zero-order valence-electron chi connectivity index (χ0n) is 15.1. The van der Waals surface area contributed by atoms with E-state index in [1.54, 1.807) is 14.2 Å². The van der Waals surface area contributed by atoms with Crippen LogP contribution < -0.4 is 9.47 Å². The molecule has 0 saturated heterocycles. The Bertz CT molecular complexity index is 746. The van der Waals surface area contributed by atoms with Crippen LogP contribution in [-0.2, 0) is 19.6 Å². The van der Waals surface area contributed by atoms with Gasteiger partial charge in [0, 0.05) is 38.1 Å². The molecule has 0 spiro atoms. The first-order valence-corrected chi connectivity index (χ1v) is 8.51. The van der Waals surface area contributed by atoms with Gasteiger partial charge in [0.2, 0.25) is 0 Å². The predicted octanol–water partition coefficient (Wildman–Crippen LogP) is 3.70. The number of benzene rings is 1. The monoisotopic (exact) mass is 349 g/mol. The normalized spacial score (nSPS) is 10.7. The average Bonchev–Trinajstić information content (AvgIpc) is 2.69. The summed E-state index contributed by atoms with van der Waals surface area (Å²) in [6.07, 6.45) is 3.64. The summed E-state index contributed by atoms with van der Waals surface area (Å²) in [5, 5.41) is 0. The maximum Gasteiger partial charge on any atom is 0.122 e. The first-order valence-electron chi connectivity index (χ1n) is 8.51. The molecule has 2 aromatic heterocycles. The van der Waals surface area contributed by atoms with Gasteiger partial charge in [0.05, 0.1) is 25.6 Å². The molecule has 0 aliphatic heterocycles. The van der Waals surface area contributed by atoms with E-state index in [2.05, 4.69) is 14.9 Å². The third kappa shape index (κ3) is 5.04. The quantitative estimate of drug-likeness (QED) is 0.621. The molecule has 5 nitrogen and oxygen atoms in total. The second-order valence-corrected chi connectivity index (χ2v) is 6.01. The Hall–Kier alpha value is -2.92. The highest BCUT2D eigenvalue weighted by Gasteiger charge is 2.11. The SMILES string of the molecule is COc1cc(CN(Cc2ccccn2)Cc2ccccn2)cc(OC)c1. The van der Waals surface area contributed by atoms with Gasteiger partial charge in [-0.05, 0) is 42.0 Å². The zero-order valence-corrected chi connectivity index (χ0v) is 15.1. The molecule has 0 aliphatic carbocycles. The highest BCUT2D eigenvalue weighted by molar-refractivity contribution is 5.38. The van der Waals surface area contributed by atoms with Crippen molar-refractivity contribution < 1.29 is 9.47 Å². The number of pyridine rings is 2. The molecule has 0 amide bonds. The van der Waals surface area contributed by atoms with Crippen LogP contribution in [0.1, 0.15) is 17.0 Å². The minimum atomic E-state index is 0.733. The van der Waals surface area contributed by atoms with Gasteiger partial charge in [0.1, 0.15) is 11.5 Å². The Labute approximate surface area is 154 Å². The van der Waals surface area contributed by atoms with E-state index in [0.29, 0.717) is 0 Å². The molecule has 0 atom stereocenters. The lowest BCUT2D eigenvalue weighted by atomic mass is 10.1. The summed E-state index contributed by atoms with van der Waals surface area (Å²) in [6.45, 7) is 2.20. The molecule has 0 saturated carbocycles. The number of rotatable bonds is 8. The lowest BCUT2D eigenvalue weighted by molar-refractivity contribution is 0.241. The second kappa shape index (κ2) is 8.97. The largest absolute Gasteiger partial charge is 0.497 e. The maximum atomic E-state index is 5.39. The Morgan fingerprint density at radius 2 is 1.27 bits per heavy atom. The molecule has 26 heavy (non-hydrogen) atoms. The number of hydrogen-bond acceptors (Lipinski definition) is 5. The topological polar surface area (TPSA) is 47.5 Å². The molecule has 0 N–H and O–H groups in total. The molecule has 3 aromatic rings. The predicted molar refractivity (Wildman–Crippen MR) is 101 cm³/mol. The van der Waals surface area contributed by atoms with Crippen molar-refractivity contribution in [3.63, 3.8) is 0 Å². The van der Waals surface area contributed by atoms with Gasteiger partial charge in [-0.25, -0.2) is 0 Å². The van der Waals surface area contributed by atoms with E-state index in [9.17, 15) is 0 Å². The second-order valence-electron chi connectivity index (χ2n) is 6.01. The van der Waals surface area contributed by atoms with E-state index in [1.807, 2.05) is 67.0 Å². The molecule has 3 rings (SSSR count). The van der Waals surface area contributed by atoms with Crippen LogP contribution in [0.4, 0.5) is 0 Å². The average molecular weight is 349 g/mol.